The molecule has 1 aliphatic rings. The first-order valence-corrected chi connectivity index (χ1v) is 7.65. The van der Waals surface area contributed by atoms with Gasteiger partial charge in [-0.3, -0.25) is 4.68 Å². The van der Waals surface area contributed by atoms with E-state index in [-0.39, 0.29) is 29.3 Å². The maximum atomic E-state index is 12.3. The fourth-order valence-electron chi connectivity index (χ4n) is 2.48. The number of aryl methyl sites for hydroxylation is 1. The van der Waals surface area contributed by atoms with Gasteiger partial charge >= 0.3 is 0 Å². The Balaban J connectivity index is 0.00000180. The molecule has 1 aromatic rings. The summed E-state index contributed by atoms with van der Waals surface area (Å²) in [6, 6.07) is -0.0420. The Kier molecular flexibility index (Phi) is 5.37. The third-order valence-electron chi connectivity index (χ3n) is 3.75. The molecular weight excluding hydrogens is 288 g/mol. The molecule has 1 heterocycles. The van der Waals surface area contributed by atoms with Crippen molar-refractivity contribution < 1.29 is 8.42 Å². The van der Waals surface area contributed by atoms with Gasteiger partial charge in [0, 0.05) is 13.1 Å². The van der Waals surface area contributed by atoms with E-state index < -0.39 is 10.0 Å². The molecule has 0 bridgehead atoms. The van der Waals surface area contributed by atoms with Gasteiger partial charge < -0.3 is 5.73 Å². The Morgan fingerprint density at radius 3 is 2.74 bits per heavy atom. The van der Waals surface area contributed by atoms with Crippen LogP contribution in [0.2, 0.25) is 0 Å². The average Bonchev–Trinajstić information content (AvgIpc) is 2.87. The Morgan fingerprint density at radius 2 is 2.21 bits per heavy atom. The molecule has 2 atom stereocenters. The van der Waals surface area contributed by atoms with Crippen molar-refractivity contribution >= 4 is 22.4 Å². The number of nitrogens with zero attached hydrogens (tertiary/aromatic N) is 2. The second kappa shape index (κ2) is 6.21. The zero-order valence-corrected chi connectivity index (χ0v) is 12.8. The van der Waals surface area contributed by atoms with Crippen molar-refractivity contribution in [3.05, 3.63) is 11.9 Å². The third-order valence-corrected chi connectivity index (χ3v) is 5.34. The minimum absolute atomic E-state index is 0. The van der Waals surface area contributed by atoms with Gasteiger partial charge in [0.15, 0.2) is 0 Å². The number of halogens is 1. The molecule has 6 nitrogen and oxygen atoms in total. The second-order valence-corrected chi connectivity index (χ2v) is 6.55. The minimum atomic E-state index is -3.49. The predicted molar refractivity (Wildman–Crippen MR) is 75.7 cm³/mol. The maximum absolute atomic E-state index is 12.3. The van der Waals surface area contributed by atoms with Crippen molar-refractivity contribution in [3.63, 3.8) is 0 Å². The molecule has 0 aliphatic heterocycles. The van der Waals surface area contributed by atoms with Gasteiger partial charge in [-0.05, 0) is 32.2 Å². The van der Waals surface area contributed by atoms with E-state index in [2.05, 4.69) is 9.82 Å². The summed E-state index contributed by atoms with van der Waals surface area (Å²) in [6.07, 6.45) is 4.28. The van der Waals surface area contributed by atoms with Crippen LogP contribution in [0.25, 0.3) is 0 Å². The summed E-state index contributed by atoms with van der Waals surface area (Å²) < 4.78 is 28.9. The first kappa shape index (κ1) is 16.4. The van der Waals surface area contributed by atoms with E-state index in [1.165, 1.54) is 6.20 Å². The van der Waals surface area contributed by atoms with Crippen molar-refractivity contribution in [2.75, 3.05) is 6.54 Å². The van der Waals surface area contributed by atoms with Gasteiger partial charge in [-0.2, -0.15) is 5.10 Å². The molecule has 1 aromatic heterocycles. The van der Waals surface area contributed by atoms with Crippen LogP contribution in [0.5, 0.6) is 0 Å². The largest absolute Gasteiger partial charge is 0.330 e. The van der Waals surface area contributed by atoms with Crippen LogP contribution >= 0.6 is 12.4 Å². The smallest absolute Gasteiger partial charge is 0.244 e. The summed E-state index contributed by atoms with van der Waals surface area (Å²) in [5.41, 5.74) is 6.31. The molecule has 19 heavy (non-hydrogen) atoms. The topological polar surface area (TPSA) is 90.0 Å². The Hall–Kier alpha value is -0.630. The summed E-state index contributed by atoms with van der Waals surface area (Å²) in [5, 5.41) is 3.97. The average molecular weight is 309 g/mol. The number of rotatable bonds is 4. The van der Waals surface area contributed by atoms with Crippen LogP contribution in [-0.4, -0.2) is 30.8 Å². The van der Waals surface area contributed by atoms with Crippen molar-refractivity contribution in [2.45, 2.75) is 37.1 Å². The van der Waals surface area contributed by atoms with Gasteiger partial charge in [0.2, 0.25) is 10.0 Å². The van der Waals surface area contributed by atoms with Crippen molar-refractivity contribution in [2.24, 2.45) is 18.7 Å². The summed E-state index contributed by atoms with van der Waals surface area (Å²) in [4.78, 5) is 0.257. The highest BCUT2D eigenvalue weighted by Gasteiger charge is 2.31. The number of nitrogens with two attached hydrogens (primary N) is 1. The number of hydrogen-bond acceptors (Lipinski definition) is 4. The predicted octanol–water partition coefficient (Wildman–Crippen LogP) is 0.556. The van der Waals surface area contributed by atoms with Gasteiger partial charge in [0.05, 0.1) is 11.9 Å². The van der Waals surface area contributed by atoms with E-state index >= 15 is 0 Å². The summed E-state index contributed by atoms with van der Waals surface area (Å²) in [7, 11) is -1.76. The van der Waals surface area contributed by atoms with Crippen LogP contribution in [0.4, 0.5) is 0 Å². The monoisotopic (exact) mass is 308 g/mol. The molecule has 2 rings (SSSR count). The number of nitrogens with one attached hydrogen (secondary N) is 1. The lowest BCUT2D eigenvalue weighted by atomic mass is 10.1. The molecule has 1 saturated carbocycles. The molecule has 1 aliphatic carbocycles. The van der Waals surface area contributed by atoms with Crippen LogP contribution in [0.15, 0.2) is 11.1 Å². The van der Waals surface area contributed by atoms with E-state index in [1.54, 1.807) is 18.7 Å². The third kappa shape index (κ3) is 3.28. The second-order valence-electron chi connectivity index (χ2n) is 4.87. The number of sulfonamides is 1. The molecule has 2 unspecified atom stereocenters. The normalized spacial score (nSPS) is 23.3. The zero-order valence-electron chi connectivity index (χ0n) is 11.2. The van der Waals surface area contributed by atoms with Gasteiger partial charge in [-0.15, -0.1) is 12.4 Å². The van der Waals surface area contributed by atoms with E-state index in [0.29, 0.717) is 12.2 Å². The first-order chi connectivity index (χ1) is 8.45. The quantitative estimate of drug-likeness (QED) is 0.850. The minimum Gasteiger partial charge on any atom is -0.330 e. The van der Waals surface area contributed by atoms with Crippen LogP contribution < -0.4 is 10.5 Å². The molecule has 1 fully saturated rings. The molecule has 0 amide bonds. The maximum Gasteiger partial charge on any atom is 0.244 e. The van der Waals surface area contributed by atoms with Gasteiger partial charge in [-0.1, -0.05) is 6.42 Å². The van der Waals surface area contributed by atoms with E-state index in [1.807, 2.05) is 0 Å². The highest BCUT2D eigenvalue weighted by atomic mass is 35.5. The SMILES string of the molecule is Cc1c(S(=O)(=O)NC2CCCC2CN)cnn1C.Cl. The van der Waals surface area contributed by atoms with Gasteiger partial charge in [0.1, 0.15) is 4.90 Å². The highest BCUT2D eigenvalue weighted by Crippen LogP contribution is 2.26. The molecule has 0 radical (unpaired) electrons. The van der Waals surface area contributed by atoms with Gasteiger partial charge in [-0.25, -0.2) is 13.1 Å². The number of aromatic nitrogens is 2. The first-order valence-electron chi connectivity index (χ1n) is 6.16. The van der Waals surface area contributed by atoms with Crippen LogP contribution in [0.3, 0.4) is 0 Å². The standard InChI is InChI=1S/C11H20N4O2S.ClH/c1-8-11(7-13-15(8)2)18(16,17)14-10-5-3-4-9(10)6-12;/h7,9-10,14H,3-6,12H2,1-2H3;1H. The van der Waals surface area contributed by atoms with Crippen molar-refractivity contribution in [1.82, 2.24) is 14.5 Å². The fraction of sp³-hybridized carbons (Fsp3) is 0.727. The molecule has 0 spiro atoms. The van der Waals surface area contributed by atoms with Crippen LogP contribution in [0, 0.1) is 12.8 Å². The lowest BCUT2D eigenvalue weighted by Crippen LogP contribution is -2.39. The summed E-state index contributed by atoms with van der Waals surface area (Å²) in [5.74, 6) is 0.247. The molecule has 110 valence electrons. The molecule has 0 aromatic carbocycles. The lowest BCUT2D eigenvalue weighted by molar-refractivity contribution is 0.452. The number of hydrogen-bond donors (Lipinski definition) is 2. The zero-order chi connectivity index (χ0) is 13.3. The van der Waals surface area contributed by atoms with E-state index in [4.69, 9.17) is 5.73 Å². The highest BCUT2D eigenvalue weighted by molar-refractivity contribution is 7.89. The molecule has 3 N–H and O–H groups in total. The van der Waals surface area contributed by atoms with Crippen LogP contribution in [0.1, 0.15) is 25.0 Å². The Labute approximate surface area is 120 Å². The molecular formula is C11H21ClN4O2S. The fourth-order valence-corrected chi connectivity index (χ4v) is 4.02. The summed E-state index contributed by atoms with van der Waals surface area (Å²) in [6.45, 7) is 2.27. The Morgan fingerprint density at radius 1 is 1.53 bits per heavy atom. The lowest BCUT2D eigenvalue weighted by Gasteiger charge is -2.19. The summed E-state index contributed by atoms with van der Waals surface area (Å²) >= 11 is 0. The molecule has 0 saturated heterocycles. The Bertz CT molecular complexity index is 529. The van der Waals surface area contributed by atoms with E-state index in [0.717, 1.165) is 19.3 Å². The van der Waals surface area contributed by atoms with Crippen LogP contribution in [-0.2, 0) is 17.1 Å². The van der Waals surface area contributed by atoms with Gasteiger partial charge in [0.25, 0.3) is 0 Å². The van der Waals surface area contributed by atoms with E-state index in [9.17, 15) is 8.42 Å². The van der Waals surface area contributed by atoms with Crippen molar-refractivity contribution in [1.29, 1.82) is 0 Å². The molecule has 8 heteroatoms. The van der Waals surface area contributed by atoms with Crippen molar-refractivity contribution in [3.8, 4) is 0 Å².